The standard InChI is InChI=1S/C14H20Cl2O3/c1-10(2)5-6-18-8-12(17)9-19-14-4-3-11(15)7-13(14)16/h3-4,7,10,12,17H,5-6,8-9H2,1-2H3. The first-order chi connectivity index (χ1) is 8.99. The van der Waals surface area contributed by atoms with Gasteiger partial charge in [0.2, 0.25) is 0 Å². The van der Waals surface area contributed by atoms with E-state index in [9.17, 15) is 5.11 Å². The van der Waals surface area contributed by atoms with Gasteiger partial charge in [0.15, 0.2) is 0 Å². The first-order valence-electron chi connectivity index (χ1n) is 6.32. The monoisotopic (exact) mass is 306 g/mol. The smallest absolute Gasteiger partial charge is 0.138 e. The number of hydrogen-bond donors (Lipinski definition) is 1. The molecule has 0 aliphatic rings. The van der Waals surface area contributed by atoms with E-state index in [1.54, 1.807) is 18.2 Å². The van der Waals surface area contributed by atoms with Crippen molar-refractivity contribution >= 4 is 23.2 Å². The fraction of sp³-hybridized carbons (Fsp3) is 0.571. The van der Waals surface area contributed by atoms with Crippen LogP contribution in [0.3, 0.4) is 0 Å². The quantitative estimate of drug-likeness (QED) is 0.743. The van der Waals surface area contributed by atoms with Gasteiger partial charge in [0.05, 0.1) is 11.6 Å². The highest BCUT2D eigenvalue weighted by atomic mass is 35.5. The average Bonchev–Trinajstić information content (AvgIpc) is 2.33. The van der Waals surface area contributed by atoms with E-state index in [0.29, 0.717) is 28.3 Å². The molecule has 1 aromatic rings. The van der Waals surface area contributed by atoms with Gasteiger partial charge in [-0.25, -0.2) is 0 Å². The molecule has 1 unspecified atom stereocenters. The molecule has 1 N–H and O–H groups in total. The summed E-state index contributed by atoms with van der Waals surface area (Å²) in [6.07, 6.45) is 0.315. The average molecular weight is 307 g/mol. The molecule has 1 rings (SSSR count). The van der Waals surface area contributed by atoms with Crippen molar-refractivity contribution in [3.8, 4) is 5.75 Å². The summed E-state index contributed by atoms with van der Waals surface area (Å²) >= 11 is 11.7. The highest BCUT2D eigenvalue weighted by Crippen LogP contribution is 2.27. The lowest BCUT2D eigenvalue weighted by atomic mass is 10.1. The van der Waals surface area contributed by atoms with E-state index in [2.05, 4.69) is 13.8 Å². The van der Waals surface area contributed by atoms with Gasteiger partial charge < -0.3 is 14.6 Å². The van der Waals surface area contributed by atoms with E-state index < -0.39 is 6.10 Å². The molecule has 0 saturated carbocycles. The largest absolute Gasteiger partial charge is 0.489 e. The predicted molar refractivity (Wildman–Crippen MR) is 78.2 cm³/mol. The normalized spacial score (nSPS) is 12.7. The first kappa shape index (κ1) is 16.6. The molecule has 0 aromatic heterocycles. The van der Waals surface area contributed by atoms with Crippen molar-refractivity contribution in [1.29, 1.82) is 0 Å². The number of aliphatic hydroxyl groups excluding tert-OH is 1. The maximum absolute atomic E-state index is 9.70. The van der Waals surface area contributed by atoms with Crippen LogP contribution in [-0.4, -0.2) is 31.0 Å². The zero-order chi connectivity index (χ0) is 14.3. The van der Waals surface area contributed by atoms with E-state index in [0.717, 1.165) is 6.42 Å². The molecular formula is C14H20Cl2O3. The van der Waals surface area contributed by atoms with Crippen LogP contribution >= 0.6 is 23.2 Å². The van der Waals surface area contributed by atoms with Gasteiger partial charge in [0.25, 0.3) is 0 Å². The second kappa shape index (κ2) is 8.64. The third-order valence-electron chi connectivity index (χ3n) is 2.47. The Labute approximate surface area is 124 Å². The van der Waals surface area contributed by atoms with E-state index >= 15 is 0 Å². The molecule has 0 radical (unpaired) electrons. The Morgan fingerprint density at radius 2 is 1.95 bits per heavy atom. The van der Waals surface area contributed by atoms with Crippen LogP contribution in [0.15, 0.2) is 18.2 Å². The second-order valence-corrected chi connectivity index (χ2v) is 5.64. The number of hydrogen-bond acceptors (Lipinski definition) is 3. The second-order valence-electron chi connectivity index (χ2n) is 4.80. The van der Waals surface area contributed by atoms with Gasteiger partial charge in [-0.2, -0.15) is 0 Å². The van der Waals surface area contributed by atoms with Gasteiger partial charge in [0, 0.05) is 11.6 Å². The van der Waals surface area contributed by atoms with Crippen LogP contribution in [0.4, 0.5) is 0 Å². The maximum Gasteiger partial charge on any atom is 0.138 e. The van der Waals surface area contributed by atoms with Gasteiger partial charge >= 0.3 is 0 Å². The van der Waals surface area contributed by atoms with Gasteiger partial charge in [0.1, 0.15) is 18.5 Å². The van der Waals surface area contributed by atoms with Crippen LogP contribution in [0, 0.1) is 5.92 Å². The van der Waals surface area contributed by atoms with Gasteiger partial charge in [-0.15, -0.1) is 0 Å². The summed E-state index contributed by atoms with van der Waals surface area (Å²) in [6, 6.07) is 4.97. The number of aliphatic hydroxyl groups is 1. The molecule has 0 amide bonds. The molecule has 0 bridgehead atoms. The van der Waals surface area contributed by atoms with E-state index in [1.807, 2.05) is 0 Å². The van der Waals surface area contributed by atoms with E-state index in [4.69, 9.17) is 32.7 Å². The number of ether oxygens (including phenoxy) is 2. The molecule has 1 atom stereocenters. The summed E-state index contributed by atoms with van der Waals surface area (Å²) in [4.78, 5) is 0. The van der Waals surface area contributed by atoms with Crippen molar-refractivity contribution in [2.75, 3.05) is 19.8 Å². The zero-order valence-corrected chi connectivity index (χ0v) is 12.7. The summed E-state index contributed by atoms with van der Waals surface area (Å²) < 4.78 is 10.8. The minimum Gasteiger partial charge on any atom is -0.489 e. The Morgan fingerprint density at radius 3 is 2.58 bits per heavy atom. The third kappa shape index (κ3) is 7.02. The Hall–Kier alpha value is -0.480. The Balaban J connectivity index is 2.24. The minimum atomic E-state index is -0.668. The summed E-state index contributed by atoms with van der Waals surface area (Å²) in [7, 11) is 0. The van der Waals surface area contributed by atoms with Crippen molar-refractivity contribution < 1.29 is 14.6 Å². The van der Waals surface area contributed by atoms with Crippen molar-refractivity contribution in [1.82, 2.24) is 0 Å². The molecule has 0 heterocycles. The SMILES string of the molecule is CC(C)CCOCC(O)COc1ccc(Cl)cc1Cl. The first-order valence-corrected chi connectivity index (χ1v) is 7.08. The predicted octanol–water partition coefficient (Wildman–Crippen LogP) is 3.80. The molecule has 3 nitrogen and oxygen atoms in total. The molecular weight excluding hydrogens is 287 g/mol. The van der Waals surface area contributed by atoms with Crippen LogP contribution in [0.25, 0.3) is 0 Å². The van der Waals surface area contributed by atoms with Crippen LogP contribution < -0.4 is 4.74 Å². The molecule has 5 heteroatoms. The summed E-state index contributed by atoms with van der Waals surface area (Å²) in [5.41, 5.74) is 0. The molecule has 0 aliphatic heterocycles. The molecule has 0 spiro atoms. The molecule has 108 valence electrons. The Bertz CT molecular complexity index is 383. The van der Waals surface area contributed by atoms with Crippen LogP contribution in [0.2, 0.25) is 10.0 Å². The molecule has 19 heavy (non-hydrogen) atoms. The van der Waals surface area contributed by atoms with Crippen LogP contribution in [0.5, 0.6) is 5.75 Å². The highest BCUT2D eigenvalue weighted by Gasteiger charge is 2.08. The van der Waals surface area contributed by atoms with Gasteiger partial charge in [-0.1, -0.05) is 37.0 Å². The number of rotatable bonds is 8. The number of halogens is 2. The topological polar surface area (TPSA) is 38.7 Å². The van der Waals surface area contributed by atoms with Crippen LogP contribution in [0.1, 0.15) is 20.3 Å². The Kier molecular flexibility index (Phi) is 7.54. The van der Waals surface area contributed by atoms with E-state index in [1.165, 1.54) is 0 Å². The fourth-order valence-electron chi connectivity index (χ4n) is 1.36. The summed E-state index contributed by atoms with van der Waals surface area (Å²) in [5.74, 6) is 1.11. The van der Waals surface area contributed by atoms with Gasteiger partial charge in [-0.05, 0) is 30.5 Å². The molecule has 0 aliphatic carbocycles. The summed E-state index contributed by atoms with van der Waals surface area (Å²) in [5, 5.41) is 10.7. The fourth-order valence-corrected chi connectivity index (χ4v) is 1.83. The molecule has 0 saturated heterocycles. The lowest BCUT2D eigenvalue weighted by Crippen LogP contribution is -2.24. The van der Waals surface area contributed by atoms with Crippen molar-refractivity contribution in [2.24, 2.45) is 5.92 Å². The third-order valence-corrected chi connectivity index (χ3v) is 3.01. The Morgan fingerprint density at radius 1 is 1.21 bits per heavy atom. The van der Waals surface area contributed by atoms with Crippen molar-refractivity contribution in [3.63, 3.8) is 0 Å². The zero-order valence-electron chi connectivity index (χ0n) is 11.2. The van der Waals surface area contributed by atoms with Crippen LogP contribution in [-0.2, 0) is 4.74 Å². The lowest BCUT2D eigenvalue weighted by molar-refractivity contribution is 0.00918. The molecule has 1 aromatic carbocycles. The van der Waals surface area contributed by atoms with Gasteiger partial charge in [-0.3, -0.25) is 0 Å². The maximum atomic E-state index is 9.70. The van der Waals surface area contributed by atoms with Crippen molar-refractivity contribution in [2.45, 2.75) is 26.4 Å². The summed E-state index contributed by atoms with van der Waals surface area (Å²) in [6.45, 7) is 5.31. The van der Waals surface area contributed by atoms with E-state index in [-0.39, 0.29) is 13.2 Å². The minimum absolute atomic E-state index is 0.142. The van der Waals surface area contributed by atoms with Crippen molar-refractivity contribution in [3.05, 3.63) is 28.2 Å². The lowest BCUT2D eigenvalue weighted by Gasteiger charge is -2.14. The number of benzene rings is 1. The molecule has 0 fully saturated rings. The highest BCUT2D eigenvalue weighted by molar-refractivity contribution is 6.35.